The van der Waals surface area contributed by atoms with E-state index in [1.54, 1.807) is 23.0 Å². The third kappa shape index (κ3) is 10.0. The number of aryl methyl sites for hydroxylation is 2. The number of halogens is 2. The largest absolute Gasteiger partial charge is 0.475 e. The molecule has 6 aliphatic heterocycles. The molecule has 0 aliphatic carbocycles. The highest BCUT2D eigenvalue weighted by molar-refractivity contribution is 7.45. The molecule has 412 valence electrons. The predicted molar refractivity (Wildman–Crippen MR) is 283 cm³/mol. The Morgan fingerprint density at radius 1 is 0.641 bits per heavy atom. The Kier molecular flexibility index (Phi) is 16.0. The summed E-state index contributed by atoms with van der Waals surface area (Å²) in [4.78, 5) is 26.5. The van der Waals surface area contributed by atoms with Gasteiger partial charge in [0.2, 0.25) is 11.8 Å². The molecule has 6 saturated heterocycles. The van der Waals surface area contributed by atoms with Crippen LogP contribution in [0.25, 0.3) is 22.3 Å². The Bertz CT molecular complexity index is 2950. The lowest BCUT2D eigenvalue weighted by Crippen LogP contribution is -2.36. The van der Waals surface area contributed by atoms with Crippen LogP contribution in [0.5, 0.6) is 11.8 Å². The number of nitrogens with zero attached hydrogens (tertiary/aromatic N) is 12. The van der Waals surface area contributed by atoms with E-state index in [0.29, 0.717) is 46.8 Å². The van der Waals surface area contributed by atoms with Gasteiger partial charge < -0.3 is 37.0 Å². The molecular weight excluding hydrogens is 1040 g/mol. The SMILES string of the molecule is CC[C@H]1O[C@@H](n2cnc3c(OCCC#N)nc(C)nc32)C(F)[C@H]1O[P@@]1O[C@](C)(c2ccccc2)[C@@H]2CCCN21.CC[C@H]1O[C@@H](n2cnc3c(OCCC#N)nc(C)nc32)C(F)[C@H]1O[P@]1O[C@@](C)(c2ccccc2)[C@H]2CCCN21. The van der Waals surface area contributed by atoms with Crippen molar-refractivity contribution in [1.82, 2.24) is 48.4 Å². The standard InChI is InChI=1S/2C27H32FN6O4P/c2*1-4-19-23(37-39-34-14-8-12-20(34)27(3,38-39)18-10-6-5-7-11-18)21(28)26(36-19)33-16-30-22-24(33)31-17(2)32-25(22)35-15-9-13-29/h2*5-7,10-11,16,19-21,23,26H,4,8-9,12,14-15H2,1-3H3/t19-,20+,21?,23+,26-,27-,39+;19-,20-,21?,23+,26-,27+,39-/m11/s1. The molecule has 0 bridgehead atoms. The minimum absolute atomic E-state index is 0.178. The highest BCUT2D eigenvalue weighted by atomic mass is 31.2. The number of fused-ring (bicyclic) bond motifs is 4. The molecule has 4 aromatic heterocycles. The fourth-order valence-corrected chi connectivity index (χ4v) is 16.0. The van der Waals surface area contributed by atoms with E-state index in [4.69, 9.17) is 47.6 Å². The first-order chi connectivity index (χ1) is 37.9. The average Bonchev–Trinajstić information content (AvgIpc) is 4.37. The van der Waals surface area contributed by atoms with Crippen LogP contribution < -0.4 is 9.47 Å². The van der Waals surface area contributed by atoms with Gasteiger partial charge in [-0.15, -0.1) is 0 Å². The van der Waals surface area contributed by atoms with E-state index in [2.05, 4.69) is 77.4 Å². The number of imidazole rings is 2. The predicted octanol–water partition coefficient (Wildman–Crippen LogP) is 10.2. The molecule has 0 amide bonds. The van der Waals surface area contributed by atoms with Crippen molar-refractivity contribution in [3.63, 3.8) is 0 Å². The van der Waals surface area contributed by atoms with Gasteiger partial charge in [-0.25, -0.2) is 38.1 Å². The summed E-state index contributed by atoms with van der Waals surface area (Å²) in [5.41, 5.74) is 2.79. The lowest BCUT2D eigenvalue weighted by molar-refractivity contribution is -0.0229. The van der Waals surface area contributed by atoms with E-state index in [9.17, 15) is 0 Å². The lowest BCUT2D eigenvalue weighted by atomic mass is 9.87. The molecule has 24 heteroatoms. The molecule has 0 spiro atoms. The average molecular weight is 1110 g/mol. The van der Waals surface area contributed by atoms with E-state index in [1.165, 1.54) is 12.7 Å². The van der Waals surface area contributed by atoms with Crippen LogP contribution in [0.4, 0.5) is 8.78 Å². The topological polar surface area (TPSA) is 215 Å². The fraction of sp³-hybridized carbons (Fsp3) is 0.556. The molecule has 6 aromatic rings. The van der Waals surface area contributed by atoms with Gasteiger partial charge in [0.15, 0.2) is 47.1 Å². The molecule has 78 heavy (non-hydrogen) atoms. The minimum Gasteiger partial charge on any atom is -0.475 e. The van der Waals surface area contributed by atoms with Crippen molar-refractivity contribution in [2.75, 3.05) is 26.3 Å². The first-order valence-corrected chi connectivity index (χ1v) is 29.1. The number of benzene rings is 2. The van der Waals surface area contributed by atoms with Gasteiger partial charge in [0.05, 0.1) is 61.9 Å². The number of ether oxygens (including phenoxy) is 4. The summed E-state index contributed by atoms with van der Waals surface area (Å²) in [5, 5.41) is 17.7. The van der Waals surface area contributed by atoms with Gasteiger partial charge in [0.25, 0.3) is 17.1 Å². The summed E-state index contributed by atoms with van der Waals surface area (Å²) in [6, 6.07) is 24.9. The van der Waals surface area contributed by atoms with Crippen LogP contribution in [-0.4, -0.2) is 124 Å². The van der Waals surface area contributed by atoms with Crippen LogP contribution in [0, 0.1) is 36.5 Å². The van der Waals surface area contributed by atoms with Crippen molar-refractivity contribution < 1.29 is 45.8 Å². The summed E-state index contributed by atoms with van der Waals surface area (Å²) in [6.07, 6.45) is 1.27. The van der Waals surface area contributed by atoms with Crippen LogP contribution in [0.15, 0.2) is 73.3 Å². The van der Waals surface area contributed by atoms with Crippen molar-refractivity contribution >= 4 is 39.4 Å². The fourth-order valence-electron chi connectivity index (χ4n) is 11.7. The molecule has 2 unspecified atom stereocenters. The van der Waals surface area contributed by atoms with Crippen molar-refractivity contribution in [2.45, 2.75) is 165 Å². The van der Waals surface area contributed by atoms with Gasteiger partial charge in [0.1, 0.15) is 48.3 Å². The molecule has 6 fully saturated rings. The summed E-state index contributed by atoms with van der Waals surface area (Å²) in [5.74, 6) is 1.44. The lowest BCUT2D eigenvalue weighted by Gasteiger charge is -2.29. The Morgan fingerprint density at radius 3 is 1.44 bits per heavy atom. The van der Waals surface area contributed by atoms with Gasteiger partial charge in [0, 0.05) is 13.1 Å². The van der Waals surface area contributed by atoms with Crippen molar-refractivity contribution in [3.8, 4) is 23.9 Å². The van der Waals surface area contributed by atoms with Crippen LogP contribution in [0.1, 0.15) is 114 Å². The Balaban J connectivity index is 0.000000165. The van der Waals surface area contributed by atoms with Gasteiger partial charge >= 0.3 is 0 Å². The van der Waals surface area contributed by atoms with Gasteiger partial charge in [-0.05, 0) is 77.3 Å². The Morgan fingerprint density at radius 2 is 1.05 bits per heavy atom. The molecule has 2 aromatic carbocycles. The smallest absolute Gasteiger partial charge is 0.260 e. The van der Waals surface area contributed by atoms with E-state index >= 15 is 8.78 Å². The zero-order chi connectivity index (χ0) is 54.3. The number of hydrogen-bond acceptors (Lipinski definition) is 18. The number of rotatable bonds is 16. The zero-order valence-electron chi connectivity index (χ0n) is 44.5. The van der Waals surface area contributed by atoms with E-state index in [0.717, 1.165) is 49.9 Å². The molecule has 12 rings (SSSR count). The maximum Gasteiger partial charge on any atom is 0.260 e. The van der Waals surface area contributed by atoms with Crippen LogP contribution in [0.3, 0.4) is 0 Å². The Labute approximate surface area is 454 Å². The second kappa shape index (κ2) is 22.9. The van der Waals surface area contributed by atoms with E-state index in [-0.39, 0.29) is 49.9 Å². The van der Waals surface area contributed by atoms with E-state index < -0.39 is 77.5 Å². The maximum atomic E-state index is 16.3. The summed E-state index contributed by atoms with van der Waals surface area (Å²) < 4.78 is 90.4. The first-order valence-electron chi connectivity index (χ1n) is 26.9. The van der Waals surface area contributed by atoms with Crippen molar-refractivity contribution in [1.29, 1.82) is 10.5 Å². The summed E-state index contributed by atoms with van der Waals surface area (Å²) in [6.45, 7) is 13.7. The molecular formula is C54H64F2N12O8P2. The number of nitriles is 2. The first kappa shape index (κ1) is 54.5. The molecule has 14 atom stereocenters. The molecule has 0 saturated carbocycles. The zero-order valence-corrected chi connectivity index (χ0v) is 46.3. The summed E-state index contributed by atoms with van der Waals surface area (Å²) >= 11 is 0. The van der Waals surface area contributed by atoms with E-state index in [1.807, 2.05) is 62.4 Å². The highest BCUT2D eigenvalue weighted by Crippen LogP contribution is 2.66. The normalized spacial score (nSPS) is 32.5. The second-order valence-corrected chi connectivity index (χ2v) is 23.3. The molecule has 10 heterocycles. The van der Waals surface area contributed by atoms with Crippen LogP contribution in [0.2, 0.25) is 0 Å². The monoisotopic (exact) mass is 1110 g/mol. The number of alkyl halides is 2. The highest BCUT2D eigenvalue weighted by Gasteiger charge is 2.59. The van der Waals surface area contributed by atoms with Crippen LogP contribution >= 0.6 is 17.1 Å². The minimum atomic E-state index is -1.48. The number of aromatic nitrogens is 8. The van der Waals surface area contributed by atoms with Crippen molar-refractivity contribution in [3.05, 3.63) is 96.1 Å². The molecule has 0 N–H and O–H groups in total. The molecule has 6 aliphatic rings. The van der Waals surface area contributed by atoms with Crippen LogP contribution in [-0.2, 0) is 38.8 Å². The molecule has 0 radical (unpaired) electrons. The van der Waals surface area contributed by atoms with Gasteiger partial charge in [-0.3, -0.25) is 9.13 Å². The van der Waals surface area contributed by atoms with Crippen molar-refractivity contribution in [2.24, 2.45) is 0 Å². The second-order valence-electron chi connectivity index (χ2n) is 20.5. The third-order valence-corrected chi connectivity index (χ3v) is 19.3. The van der Waals surface area contributed by atoms with Gasteiger partial charge in [-0.1, -0.05) is 74.5 Å². The summed E-state index contributed by atoms with van der Waals surface area (Å²) in [7, 11) is -2.96. The van der Waals surface area contributed by atoms with Gasteiger partial charge in [-0.2, -0.15) is 20.5 Å². The number of hydrogen-bond donors (Lipinski definition) is 0. The molecule has 20 nitrogen and oxygen atoms in total. The maximum absolute atomic E-state index is 16.3. The Hall–Kier alpha value is -5.48. The third-order valence-electron chi connectivity index (χ3n) is 15.6. The quantitative estimate of drug-likeness (QED) is 0.0651.